The standard InChI is InChI=1S/C32H39N9/c1-21-4-13-28-27(18-21)37-32(39(28)3)36-23-7-5-22(6-8-23)26-19-41(31-29(26)30(33)34-20-35-31)25-11-9-24(10-12-25)40-16-14-38(2)15-17-40/h4-8,13,18-20,24-25H,9-12,14-17H2,1-3H3,(H,36,37)(H2,33,34,35)/t24-,25+. The number of hydrogen-bond donors (Lipinski definition) is 2. The number of rotatable bonds is 5. The summed E-state index contributed by atoms with van der Waals surface area (Å²) in [6.45, 7) is 6.82. The molecule has 0 unspecified atom stereocenters. The number of benzene rings is 2. The number of anilines is 3. The minimum absolute atomic E-state index is 0.423. The summed E-state index contributed by atoms with van der Waals surface area (Å²) in [4.78, 5) is 19.0. The first-order valence-electron chi connectivity index (χ1n) is 14.8. The van der Waals surface area contributed by atoms with Crippen molar-refractivity contribution >= 4 is 39.5 Å². The van der Waals surface area contributed by atoms with Gasteiger partial charge in [-0.15, -0.1) is 0 Å². The van der Waals surface area contributed by atoms with E-state index in [2.05, 4.69) is 91.9 Å². The van der Waals surface area contributed by atoms with Gasteiger partial charge in [0.2, 0.25) is 5.95 Å². The molecule has 3 aromatic heterocycles. The van der Waals surface area contributed by atoms with Gasteiger partial charge in [0.25, 0.3) is 0 Å². The van der Waals surface area contributed by atoms with Gasteiger partial charge in [0, 0.05) is 62.8 Å². The largest absolute Gasteiger partial charge is 0.383 e. The van der Waals surface area contributed by atoms with E-state index < -0.39 is 0 Å². The molecular weight excluding hydrogens is 510 g/mol. The summed E-state index contributed by atoms with van der Waals surface area (Å²) in [7, 11) is 4.26. The number of imidazole rings is 1. The van der Waals surface area contributed by atoms with Gasteiger partial charge in [-0.2, -0.15) is 0 Å². The number of aromatic nitrogens is 5. The lowest BCUT2D eigenvalue weighted by atomic mass is 9.89. The lowest BCUT2D eigenvalue weighted by Gasteiger charge is -2.41. The minimum atomic E-state index is 0.423. The van der Waals surface area contributed by atoms with E-state index in [-0.39, 0.29) is 0 Å². The average Bonchev–Trinajstić information content (AvgIpc) is 3.52. The van der Waals surface area contributed by atoms with Crippen LogP contribution in [0.2, 0.25) is 0 Å². The first kappa shape index (κ1) is 26.0. The van der Waals surface area contributed by atoms with Crippen molar-refractivity contribution in [2.24, 2.45) is 7.05 Å². The van der Waals surface area contributed by atoms with Crippen molar-refractivity contribution in [1.29, 1.82) is 0 Å². The smallest absolute Gasteiger partial charge is 0.208 e. The number of fused-ring (bicyclic) bond motifs is 2. The molecule has 9 heteroatoms. The Labute approximate surface area is 241 Å². The normalized spacial score (nSPS) is 20.7. The molecule has 5 aromatic rings. The second-order valence-electron chi connectivity index (χ2n) is 11.9. The summed E-state index contributed by atoms with van der Waals surface area (Å²) in [6.07, 6.45) is 8.62. The molecule has 2 aliphatic rings. The van der Waals surface area contributed by atoms with Gasteiger partial charge in [0.05, 0.1) is 16.4 Å². The second kappa shape index (κ2) is 10.5. The summed E-state index contributed by atoms with van der Waals surface area (Å²) in [5.41, 5.74) is 13.9. The molecule has 3 N–H and O–H groups in total. The summed E-state index contributed by atoms with van der Waals surface area (Å²) in [5.74, 6) is 1.35. The second-order valence-corrected chi connectivity index (χ2v) is 11.9. The van der Waals surface area contributed by atoms with Crippen LogP contribution >= 0.6 is 0 Å². The number of likely N-dealkylation sites (N-methyl/N-ethyl adjacent to an activating group) is 1. The van der Waals surface area contributed by atoms with Gasteiger partial charge in [0.15, 0.2) is 0 Å². The van der Waals surface area contributed by atoms with Crippen molar-refractivity contribution in [2.45, 2.75) is 44.7 Å². The lowest BCUT2D eigenvalue weighted by molar-refractivity contribution is 0.0828. The topological polar surface area (TPSA) is 93.1 Å². The summed E-state index contributed by atoms with van der Waals surface area (Å²) < 4.78 is 4.46. The summed E-state index contributed by atoms with van der Waals surface area (Å²) in [6, 6.07) is 16.0. The molecule has 0 amide bonds. The van der Waals surface area contributed by atoms with Gasteiger partial charge < -0.3 is 25.1 Å². The Morgan fingerprint density at radius 3 is 2.37 bits per heavy atom. The van der Waals surface area contributed by atoms with Crippen molar-refractivity contribution in [3.63, 3.8) is 0 Å². The molecule has 0 spiro atoms. The fourth-order valence-electron chi connectivity index (χ4n) is 6.78. The van der Waals surface area contributed by atoms with E-state index in [0.29, 0.717) is 17.9 Å². The van der Waals surface area contributed by atoms with E-state index in [0.717, 1.165) is 57.7 Å². The number of nitrogens with one attached hydrogen (secondary N) is 1. The van der Waals surface area contributed by atoms with Crippen molar-refractivity contribution in [3.8, 4) is 11.1 Å². The fourth-order valence-corrected chi connectivity index (χ4v) is 6.78. The highest BCUT2D eigenvalue weighted by Crippen LogP contribution is 2.39. The van der Waals surface area contributed by atoms with Crippen LogP contribution in [0.25, 0.3) is 33.2 Å². The van der Waals surface area contributed by atoms with Crippen LogP contribution in [0.5, 0.6) is 0 Å². The molecule has 1 saturated heterocycles. The molecule has 4 heterocycles. The Morgan fingerprint density at radius 2 is 1.61 bits per heavy atom. The Hall–Kier alpha value is -3.95. The lowest BCUT2D eigenvalue weighted by Crippen LogP contribution is -2.49. The maximum Gasteiger partial charge on any atom is 0.208 e. The van der Waals surface area contributed by atoms with Gasteiger partial charge in [0.1, 0.15) is 17.8 Å². The highest BCUT2D eigenvalue weighted by Gasteiger charge is 2.30. The van der Waals surface area contributed by atoms with Crippen LogP contribution in [0.15, 0.2) is 55.0 Å². The van der Waals surface area contributed by atoms with Crippen LogP contribution in [0, 0.1) is 6.92 Å². The van der Waals surface area contributed by atoms with Crippen molar-refractivity contribution in [1.82, 2.24) is 33.9 Å². The van der Waals surface area contributed by atoms with Crippen LogP contribution in [-0.4, -0.2) is 73.2 Å². The molecule has 7 rings (SSSR count). The van der Waals surface area contributed by atoms with E-state index in [1.165, 1.54) is 44.6 Å². The van der Waals surface area contributed by atoms with Gasteiger partial charge in [-0.1, -0.05) is 18.2 Å². The number of nitrogens with zero attached hydrogens (tertiary/aromatic N) is 7. The SMILES string of the molecule is Cc1ccc2c(c1)nc(Nc1ccc(-c3cn([C@H]4CC[C@@H](N5CCN(C)CC5)CC4)c4ncnc(N)c34)cc1)n2C. The molecule has 9 nitrogen and oxygen atoms in total. The summed E-state index contributed by atoms with van der Waals surface area (Å²) in [5, 5.41) is 4.43. The Bertz CT molecular complexity index is 1680. The Morgan fingerprint density at radius 1 is 0.878 bits per heavy atom. The molecule has 1 aliphatic heterocycles. The molecular formula is C32H39N9. The number of hydrogen-bond acceptors (Lipinski definition) is 7. The molecule has 212 valence electrons. The van der Waals surface area contributed by atoms with Crippen LogP contribution in [0.3, 0.4) is 0 Å². The third kappa shape index (κ3) is 4.83. The zero-order valence-electron chi connectivity index (χ0n) is 24.2. The molecule has 0 atom stereocenters. The van der Waals surface area contributed by atoms with Crippen LogP contribution in [0.1, 0.15) is 37.3 Å². The molecule has 41 heavy (non-hydrogen) atoms. The quantitative estimate of drug-likeness (QED) is 0.305. The van der Waals surface area contributed by atoms with E-state index >= 15 is 0 Å². The van der Waals surface area contributed by atoms with E-state index in [4.69, 9.17) is 15.7 Å². The van der Waals surface area contributed by atoms with E-state index in [1.807, 2.05) is 7.05 Å². The van der Waals surface area contributed by atoms with Gasteiger partial charge >= 0.3 is 0 Å². The maximum absolute atomic E-state index is 6.47. The van der Waals surface area contributed by atoms with E-state index in [9.17, 15) is 0 Å². The zero-order chi connectivity index (χ0) is 28.1. The zero-order valence-corrected chi connectivity index (χ0v) is 24.2. The fraction of sp³-hybridized carbons (Fsp3) is 0.406. The number of nitrogens with two attached hydrogens (primary N) is 1. The van der Waals surface area contributed by atoms with Crippen LogP contribution in [0.4, 0.5) is 17.5 Å². The predicted molar refractivity (Wildman–Crippen MR) is 166 cm³/mol. The molecule has 0 bridgehead atoms. The number of aryl methyl sites for hydroxylation is 2. The van der Waals surface area contributed by atoms with Gasteiger partial charge in [-0.05, 0) is 75.0 Å². The first-order valence-corrected chi connectivity index (χ1v) is 14.8. The molecule has 2 fully saturated rings. The molecule has 2 aromatic carbocycles. The van der Waals surface area contributed by atoms with Gasteiger partial charge in [-0.25, -0.2) is 15.0 Å². The maximum atomic E-state index is 6.47. The highest BCUT2D eigenvalue weighted by atomic mass is 15.3. The van der Waals surface area contributed by atoms with Crippen molar-refractivity contribution < 1.29 is 0 Å². The van der Waals surface area contributed by atoms with Crippen LogP contribution in [-0.2, 0) is 7.05 Å². The number of nitrogen functional groups attached to an aromatic ring is 1. The summed E-state index contributed by atoms with van der Waals surface area (Å²) >= 11 is 0. The first-order chi connectivity index (χ1) is 19.9. The minimum Gasteiger partial charge on any atom is -0.383 e. The third-order valence-corrected chi connectivity index (χ3v) is 9.24. The molecule has 1 saturated carbocycles. The highest BCUT2D eigenvalue weighted by molar-refractivity contribution is 6.00. The van der Waals surface area contributed by atoms with E-state index in [1.54, 1.807) is 6.33 Å². The third-order valence-electron chi connectivity index (χ3n) is 9.24. The monoisotopic (exact) mass is 549 g/mol. The Balaban J connectivity index is 1.13. The van der Waals surface area contributed by atoms with Crippen molar-refractivity contribution in [3.05, 3.63) is 60.6 Å². The Kier molecular flexibility index (Phi) is 6.63. The van der Waals surface area contributed by atoms with Crippen LogP contribution < -0.4 is 11.1 Å². The predicted octanol–water partition coefficient (Wildman–Crippen LogP) is 5.35. The molecule has 1 aliphatic carbocycles. The van der Waals surface area contributed by atoms with Crippen molar-refractivity contribution in [2.75, 3.05) is 44.3 Å². The average molecular weight is 550 g/mol. The molecule has 0 radical (unpaired) electrons. The number of piperazine rings is 1. The van der Waals surface area contributed by atoms with Gasteiger partial charge in [-0.3, -0.25) is 4.90 Å².